The minimum atomic E-state index is -0.992. The van der Waals surface area contributed by atoms with Crippen LogP contribution >= 0.6 is 0 Å². The Hall–Kier alpha value is -3.32. The molecule has 3 aromatic rings. The number of benzene rings is 2. The van der Waals surface area contributed by atoms with Gasteiger partial charge >= 0.3 is 6.09 Å². The fourth-order valence-electron chi connectivity index (χ4n) is 3.59. The molecule has 0 spiro atoms. The van der Waals surface area contributed by atoms with Crippen molar-refractivity contribution in [2.75, 3.05) is 13.1 Å². The van der Waals surface area contributed by atoms with Crippen molar-refractivity contribution in [3.8, 4) is 17.0 Å². The minimum Gasteiger partial charge on any atom is -0.486 e. The smallest absolute Gasteiger partial charge is 0.407 e. The van der Waals surface area contributed by atoms with Crippen LogP contribution in [-0.4, -0.2) is 45.6 Å². The Morgan fingerprint density at radius 1 is 1.17 bits per heavy atom. The second kappa shape index (κ2) is 8.36. The van der Waals surface area contributed by atoms with Crippen molar-refractivity contribution in [3.05, 3.63) is 72.0 Å². The van der Waals surface area contributed by atoms with E-state index in [-0.39, 0.29) is 19.1 Å². The van der Waals surface area contributed by atoms with Gasteiger partial charge in [-0.25, -0.2) is 4.79 Å². The molecule has 29 heavy (non-hydrogen) atoms. The van der Waals surface area contributed by atoms with Crippen molar-refractivity contribution in [1.82, 2.24) is 10.1 Å². The van der Waals surface area contributed by atoms with Crippen LogP contribution in [0, 0.1) is 0 Å². The van der Waals surface area contributed by atoms with E-state index in [1.165, 1.54) is 4.90 Å². The number of hydrogen-bond acceptors (Lipinski definition) is 5. The van der Waals surface area contributed by atoms with Crippen LogP contribution in [0.3, 0.4) is 0 Å². The molecule has 0 aliphatic carbocycles. The van der Waals surface area contributed by atoms with Crippen LogP contribution in [0.4, 0.5) is 4.79 Å². The number of carbonyl (C=O) groups is 1. The number of hydrogen-bond donors (Lipinski definition) is 2. The molecule has 1 saturated heterocycles. The predicted molar refractivity (Wildman–Crippen MR) is 106 cm³/mol. The first-order valence-electron chi connectivity index (χ1n) is 9.50. The molecule has 4 rings (SSSR count). The first-order chi connectivity index (χ1) is 14.1. The zero-order valence-corrected chi connectivity index (χ0v) is 15.8. The molecule has 1 fully saturated rings. The lowest BCUT2D eigenvalue weighted by Gasteiger charge is -2.34. The molecule has 150 valence electrons. The third kappa shape index (κ3) is 4.41. The Labute approximate surface area is 168 Å². The molecule has 1 aliphatic rings. The molecule has 2 N–H and O–H groups in total. The molecular formula is C22H22N2O5. The molecule has 1 aromatic heterocycles. The van der Waals surface area contributed by atoms with Crippen LogP contribution < -0.4 is 4.74 Å². The Morgan fingerprint density at radius 2 is 1.93 bits per heavy atom. The van der Waals surface area contributed by atoms with Crippen molar-refractivity contribution in [2.24, 2.45) is 0 Å². The van der Waals surface area contributed by atoms with E-state index in [1.807, 2.05) is 60.7 Å². The van der Waals surface area contributed by atoms with Gasteiger partial charge in [0, 0.05) is 24.1 Å². The van der Waals surface area contributed by atoms with E-state index in [1.54, 1.807) is 0 Å². The number of piperidine rings is 1. The number of β-amino-alcohol motifs (C(OH)–C–C–N with tert-alkyl or cyclic N) is 1. The van der Waals surface area contributed by atoms with E-state index < -0.39 is 12.2 Å². The highest BCUT2D eigenvalue weighted by Gasteiger charge is 2.30. The fraction of sp³-hybridized carbons (Fsp3) is 0.273. The first kappa shape index (κ1) is 19.0. The molecule has 7 nitrogen and oxygen atoms in total. The summed E-state index contributed by atoms with van der Waals surface area (Å²) in [6.07, 6.45) is -1.11. The standard InChI is InChI=1S/C22H22N2O5/c25-21-13-24(22(26)27)11-10-19(21)15-6-8-17(9-7-15)28-14-18-12-20(23-29-18)16-4-2-1-3-5-16/h1-9,12,19,21,25H,10-11,13-14H2,(H,26,27). The predicted octanol–water partition coefficient (Wildman–Crippen LogP) is 3.75. The molecule has 2 unspecified atom stereocenters. The fourth-order valence-corrected chi connectivity index (χ4v) is 3.59. The van der Waals surface area contributed by atoms with E-state index in [0.717, 1.165) is 16.8 Å². The number of aromatic nitrogens is 1. The molecule has 0 saturated carbocycles. The zero-order valence-electron chi connectivity index (χ0n) is 15.8. The molecule has 2 heterocycles. The lowest BCUT2D eigenvalue weighted by Crippen LogP contribution is -2.45. The first-order valence-corrected chi connectivity index (χ1v) is 9.50. The van der Waals surface area contributed by atoms with Gasteiger partial charge in [0.25, 0.3) is 0 Å². The third-order valence-corrected chi connectivity index (χ3v) is 5.17. The van der Waals surface area contributed by atoms with Gasteiger partial charge in [0.2, 0.25) is 0 Å². The van der Waals surface area contributed by atoms with Crippen LogP contribution in [0.25, 0.3) is 11.3 Å². The van der Waals surface area contributed by atoms with Crippen molar-refractivity contribution < 1.29 is 24.3 Å². The van der Waals surface area contributed by atoms with Crippen molar-refractivity contribution in [3.63, 3.8) is 0 Å². The summed E-state index contributed by atoms with van der Waals surface area (Å²) in [7, 11) is 0. The third-order valence-electron chi connectivity index (χ3n) is 5.17. The summed E-state index contributed by atoms with van der Waals surface area (Å²) in [6.45, 7) is 0.816. The molecule has 2 atom stereocenters. The van der Waals surface area contributed by atoms with Gasteiger partial charge in [-0.15, -0.1) is 0 Å². The van der Waals surface area contributed by atoms with Gasteiger partial charge in [-0.05, 0) is 24.1 Å². The van der Waals surface area contributed by atoms with E-state index >= 15 is 0 Å². The van der Waals surface area contributed by atoms with Crippen molar-refractivity contribution in [1.29, 1.82) is 0 Å². The molecule has 1 aliphatic heterocycles. The number of nitrogens with zero attached hydrogens (tertiary/aromatic N) is 2. The van der Waals surface area contributed by atoms with Crippen molar-refractivity contribution in [2.45, 2.75) is 25.0 Å². The second-order valence-corrected chi connectivity index (χ2v) is 7.09. The van der Waals surface area contributed by atoms with Gasteiger partial charge in [0.15, 0.2) is 5.76 Å². The number of amides is 1. The van der Waals surface area contributed by atoms with Gasteiger partial charge in [0.1, 0.15) is 18.1 Å². The molecule has 2 aromatic carbocycles. The highest BCUT2D eigenvalue weighted by Crippen LogP contribution is 2.30. The normalized spacial score (nSPS) is 19.1. The van der Waals surface area contributed by atoms with Crippen LogP contribution in [-0.2, 0) is 6.61 Å². The largest absolute Gasteiger partial charge is 0.486 e. The zero-order chi connectivity index (χ0) is 20.2. The van der Waals surface area contributed by atoms with Gasteiger partial charge in [-0.3, -0.25) is 0 Å². The second-order valence-electron chi connectivity index (χ2n) is 7.09. The van der Waals surface area contributed by atoms with Crippen LogP contribution in [0.1, 0.15) is 23.7 Å². The average molecular weight is 394 g/mol. The maximum absolute atomic E-state index is 11.0. The molecular weight excluding hydrogens is 372 g/mol. The average Bonchev–Trinajstić information content (AvgIpc) is 3.22. The number of carboxylic acid groups (broad SMARTS) is 1. The maximum atomic E-state index is 11.0. The van der Waals surface area contributed by atoms with E-state index in [9.17, 15) is 9.90 Å². The molecule has 7 heteroatoms. The van der Waals surface area contributed by atoms with Gasteiger partial charge < -0.3 is 24.4 Å². The molecule has 0 bridgehead atoms. The summed E-state index contributed by atoms with van der Waals surface area (Å²) in [5.74, 6) is 1.23. The van der Waals surface area contributed by atoms with Gasteiger partial charge in [0.05, 0.1) is 12.6 Å². The van der Waals surface area contributed by atoms with Crippen LogP contribution in [0.15, 0.2) is 65.2 Å². The quantitative estimate of drug-likeness (QED) is 0.684. The van der Waals surface area contributed by atoms with Gasteiger partial charge in [-0.1, -0.05) is 47.6 Å². The van der Waals surface area contributed by atoms with E-state index in [0.29, 0.717) is 24.5 Å². The number of aliphatic hydroxyl groups excluding tert-OH is 1. The highest BCUT2D eigenvalue weighted by molar-refractivity contribution is 5.65. The monoisotopic (exact) mass is 394 g/mol. The topological polar surface area (TPSA) is 96.0 Å². The highest BCUT2D eigenvalue weighted by atomic mass is 16.5. The maximum Gasteiger partial charge on any atom is 0.407 e. The minimum absolute atomic E-state index is 0.0812. The molecule has 0 radical (unpaired) electrons. The van der Waals surface area contributed by atoms with Gasteiger partial charge in [-0.2, -0.15) is 0 Å². The number of rotatable bonds is 5. The van der Waals surface area contributed by atoms with Crippen LogP contribution in [0.5, 0.6) is 5.75 Å². The Morgan fingerprint density at radius 3 is 2.62 bits per heavy atom. The van der Waals surface area contributed by atoms with Crippen molar-refractivity contribution >= 4 is 6.09 Å². The summed E-state index contributed by atoms with van der Waals surface area (Å²) in [4.78, 5) is 12.3. The number of likely N-dealkylation sites (tertiary alicyclic amines) is 1. The summed E-state index contributed by atoms with van der Waals surface area (Å²) in [5, 5.41) is 23.4. The summed E-state index contributed by atoms with van der Waals surface area (Å²) in [5.41, 5.74) is 2.72. The summed E-state index contributed by atoms with van der Waals surface area (Å²) in [6, 6.07) is 19.2. The SMILES string of the molecule is O=C(O)N1CCC(c2ccc(OCc3cc(-c4ccccc4)no3)cc2)C(O)C1. The Bertz CT molecular complexity index is 955. The lowest BCUT2D eigenvalue weighted by molar-refractivity contribution is 0.0504. The Balaban J connectivity index is 1.34. The molecule has 1 amide bonds. The summed E-state index contributed by atoms with van der Waals surface area (Å²) >= 11 is 0. The van der Waals surface area contributed by atoms with E-state index in [4.69, 9.17) is 14.4 Å². The van der Waals surface area contributed by atoms with E-state index in [2.05, 4.69) is 5.16 Å². The lowest BCUT2D eigenvalue weighted by atomic mass is 9.87. The number of ether oxygens (including phenoxy) is 1. The number of aliphatic hydroxyl groups is 1. The Kier molecular flexibility index (Phi) is 5.48. The summed E-state index contributed by atoms with van der Waals surface area (Å²) < 4.78 is 11.1. The van der Waals surface area contributed by atoms with Crippen LogP contribution in [0.2, 0.25) is 0 Å².